The number of hydrogen-bond donors (Lipinski definition) is 0. The van der Waals surface area contributed by atoms with Crippen LogP contribution < -0.4 is 0 Å². The fourth-order valence-electron chi connectivity index (χ4n) is 1.40. The minimum atomic E-state index is -0.250. The molecular weight excluding hydrogens is 478 g/mol. The average Bonchev–Trinajstić information content (AvgIpc) is 2.68. The van der Waals surface area contributed by atoms with Gasteiger partial charge >= 0.3 is 30.2 Å². The second kappa shape index (κ2) is 15.7. The van der Waals surface area contributed by atoms with Gasteiger partial charge in [-0.15, -0.1) is 59.7 Å². The van der Waals surface area contributed by atoms with Crippen LogP contribution in [-0.4, -0.2) is 29.3 Å². The number of fused-ring (bicyclic) bond motifs is 1. The summed E-state index contributed by atoms with van der Waals surface area (Å²) in [5.74, 6) is 0. The van der Waals surface area contributed by atoms with Crippen molar-refractivity contribution in [3.05, 3.63) is 55.7 Å². The zero-order valence-electron chi connectivity index (χ0n) is 14.6. The summed E-state index contributed by atoms with van der Waals surface area (Å²) >= 11 is 5.12. The van der Waals surface area contributed by atoms with E-state index in [1.54, 1.807) is 23.3 Å². The first-order chi connectivity index (χ1) is 8.18. The molecule has 1 aliphatic carbocycles. The van der Waals surface area contributed by atoms with Crippen LogP contribution in [0.2, 0.25) is 0 Å². The minimum absolute atomic E-state index is 0. The van der Waals surface area contributed by atoms with E-state index in [9.17, 15) is 0 Å². The second-order valence-corrected chi connectivity index (χ2v) is 6.09. The number of allylic oxidation sites excluding steroid dienone is 3. The van der Waals surface area contributed by atoms with Crippen molar-refractivity contribution >= 4 is 47.6 Å². The van der Waals surface area contributed by atoms with E-state index in [-0.39, 0.29) is 45.2 Å². The van der Waals surface area contributed by atoms with Gasteiger partial charge in [0.1, 0.15) is 0 Å². The molecule has 0 amide bonds. The van der Waals surface area contributed by atoms with Gasteiger partial charge in [0.2, 0.25) is 0 Å². The van der Waals surface area contributed by atoms with E-state index in [1.165, 1.54) is 16.8 Å². The van der Waals surface area contributed by atoms with Gasteiger partial charge in [0.15, 0.2) is 0 Å². The summed E-state index contributed by atoms with van der Waals surface area (Å²) < 4.78 is 0. The van der Waals surface area contributed by atoms with Crippen LogP contribution in [-0.2, 0) is 23.3 Å². The third-order valence-corrected chi connectivity index (χ3v) is 2.89. The number of rotatable bonds is 0. The number of nitrogens with one attached hydrogen (secondary N) is 1. The maximum absolute atomic E-state index is 6.94. The van der Waals surface area contributed by atoms with Gasteiger partial charge in [-0.1, -0.05) is 49.3 Å². The predicted octanol–water partition coefficient (Wildman–Crippen LogP) is 4.89. The molecule has 1 unspecified atom stereocenters. The van der Waals surface area contributed by atoms with Gasteiger partial charge in [0.25, 0.3) is 0 Å². The number of halogens is 3. The first kappa shape index (κ1) is 34.5. The van der Waals surface area contributed by atoms with Crippen LogP contribution in [0.4, 0.5) is 0 Å². The molecule has 2 aliphatic rings. The van der Waals surface area contributed by atoms with Crippen molar-refractivity contribution in [2.45, 2.75) is 38.2 Å². The molecule has 0 aromatic rings. The van der Waals surface area contributed by atoms with Gasteiger partial charge < -0.3 is 25.5 Å². The SMILES string of the molecule is CC(C)(C)[NH-].CC1=[C-]C2=CC(Br)N(C)C2=C1.Cl.Cl.[CH3-].[CH3-].[SiH2]=[Zr]. The van der Waals surface area contributed by atoms with E-state index in [4.69, 9.17) is 5.73 Å². The summed E-state index contributed by atoms with van der Waals surface area (Å²) in [6.45, 7) is 9.59. The molecule has 1 N–H and O–H groups in total. The third-order valence-electron chi connectivity index (χ3n) is 2.02. The van der Waals surface area contributed by atoms with Crippen LogP contribution >= 0.6 is 40.7 Å². The van der Waals surface area contributed by atoms with Crippen LogP contribution in [0, 0.1) is 20.9 Å². The monoisotopic (exact) mass is 504 g/mol. The molecule has 132 valence electrons. The standard InChI is InChI=1S/C9H9BrN.C4H10N.2CH3.2ClH.H2Si.Zr/c1-6-3-7-5-9(10)11(2)8(7)4-6;1-4(2,3)5;;;;;;/h4-5,9H,1-2H3;5H,1-3H3;2*1H3;2*1H;1H2;/q4*-1;;;;. The van der Waals surface area contributed by atoms with Crippen LogP contribution in [0.3, 0.4) is 0 Å². The van der Waals surface area contributed by atoms with Gasteiger partial charge in [-0.25, -0.2) is 0 Å². The molecule has 0 aromatic carbocycles. The normalized spacial score (nSPS) is 16.9. The molecule has 0 saturated carbocycles. The molecule has 0 saturated heterocycles. The van der Waals surface area contributed by atoms with Gasteiger partial charge in [0, 0.05) is 0 Å². The Morgan fingerprint density at radius 3 is 1.95 bits per heavy atom. The Kier molecular flexibility index (Phi) is 24.5. The quantitative estimate of drug-likeness (QED) is 0.199. The molecule has 2 rings (SSSR count). The Bertz CT molecular complexity index is 387. The second-order valence-electron chi connectivity index (χ2n) is 5.15. The summed E-state index contributed by atoms with van der Waals surface area (Å²) in [6, 6.07) is 0. The Morgan fingerprint density at radius 2 is 1.64 bits per heavy atom. The van der Waals surface area contributed by atoms with Crippen molar-refractivity contribution in [2.75, 3.05) is 7.05 Å². The maximum atomic E-state index is 6.94. The van der Waals surface area contributed by atoms with Crippen LogP contribution in [0.1, 0.15) is 27.7 Å². The molecule has 7 heteroatoms. The average molecular weight is 508 g/mol. The number of hydrogen-bond acceptors (Lipinski definition) is 1. The van der Waals surface area contributed by atoms with Crippen molar-refractivity contribution < 1.29 is 23.3 Å². The summed E-state index contributed by atoms with van der Waals surface area (Å²) in [5.41, 5.74) is 10.4. The van der Waals surface area contributed by atoms with Gasteiger partial charge in [-0.3, -0.25) is 0 Å². The van der Waals surface area contributed by atoms with Crippen molar-refractivity contribution in [3.63, 3.8) is 0 Å². The van der Waals surface area contributed by atoms with Crippen molar-refractivity contribution in [3.8, 4) is 0 Å². The number of nitrogens with zero attached hydrogens (tertiary/aromatic N) is 1. The molecule has 0 spiro atoms. The molecule has 0 aromatic heterocycles. The van der Waals surface area contributed by atoms with Crippen LogP contribution in [0.25, 0.3) is 5.73 Å². The Balaban J connectivity index is -0.0000000780. The zero-order valence-corrected chi connectivity index (χ0v) is 21.7. The Hall–Kier alpha value is 1.14. The van der Waals surface area contributed by atoms with Crippen LogP contribution in [0.15, 0.2) is 29.0 Å². The Labute approximate surface area is 175 Å². The van der Waals surface area contributed by atoms with Gasteiger partial charge in [0.05, 0.1) is 4.95 Å². The zero-order chi connectivity index (χ0) is 14.5. The van der Waals surface area contributed by atoms with E-state index in [0.717, 1.165) is 0 Å². The molecule has 1 aliphatic heterocycles. The van der Waals surface area contributed by atoms with Crippen molar-refractivity contribution in [1.82, 2.24) is 4.90 Å². The Morgan fingerprint density at radius 1 is 1.27 bits per heavy atom. The van der Waals surface area contributed by atoms with Gasteiger partial charge in [-0.05, 0) is 7.05 Å². The molecule has 2 nitrogen and oxygen atoms in total. The van der Waals surface area contributed by atoms with E-state index >= 15 is 0 Å². The van der Waals surface area contributed by atoms with E-state index < -0.39 is 0 Å². The topological polar surface area (TPSA) is 27.0 Å². The summed E-state index contributed by atoms with van der Waals surface area (Å²) in [4.78, 5) is 2.54. The molecule has 1 atom stereocenters. The van der Waals surface area contributed by atoms with E-state index in [0.29, 0.717) is 4.95 Å². The third kappa shape index (κ3) is 13.6. The first-order valence-corrected chi connectivity index (χ1v) is 12.5. The molecular formula is C15H29BrCl2N2SiZr-4. The summed E-state index contributed by atoms with van der Waals surface area (Å²) in [7, 11) is 2.08. The fraction of sp³-hybridized carbons (Fsp3) is 0.467. The molecule has 1 heterocycles. The summed E-state index contributed by atoms with van der Waals surface area (Å²) in [6.07, 6.45) is 7.62. The molecule has 0 bridgehead atoms. The van der Waals surface area contributed by atoms with E-state index in [1.807, 2.05) is 27.7 Å². The van der Waals surface area contributed by atoms with Crippen LogP contribution in [0.5, 0.6) is 0 Å². The van der Waals surface area contributed by atoms with E-state index in [2.05, 4.69) is 53.0 Å². The number of alkyl halides is 1. The predicted molar refractivity (Wildman–Crippen MR) is 109 cm³/mol. The van der Waals surface area contributed by atoms with Gasteiger partial charge in [-0.2, -0.15) is 0 Å². The van der Waals surface area contributed by atoms with Crippen molar-refractivity contribution in [2.24, 2.45) is 0 Å². The van der Waals surface area contributed by atoms with Crippen molar-refractivity contribution in [1.29, 1.82) is 0 Å². The first-order valence-electron chi connectivity index (χ1n) is 5.70. The molecule has 22 heavy (non-hydrogen) atoms. The summed E-state index contributed by atoms with van der Waals surface area (Å²) in [5, 5.41) is 0. The molecule has 0 fully saturated rings. The molecule has 0 radical (unpaired) electrons. The number of likely N-dealkylation sites (N-methyl/N-ethyl adjacent to an activating group) is 1. The fourth-order valence-corrected chi connectivity index (χ4v) is 1.88.